The van der Waals surface area contributed by atoms with Gasteiger partial charge in [0.2, 0.25) is 11.8 Å². The van der Waals surface area contributed by atoms with E-state index in [1.165, 1.54) is 0 Å². The van der Waals surface area contributed by atoms with Gasteiger partial charge in [0.15, 0.2) is 5.69 Å². The molecule has 3 aromatic carbocycles. The largest absolute Gasteiger partial charge is 0.496 e. The predicted octanol–water partition coefficient (Wildman–Crippen LogP) is 3.13. The Labute approximate surface area is 547 Å². The highest BCUT2D eigenvalue weighted by Crippen LogP contribution is 2.47. The van der Waals surface area contributed by atoms with Gasteiger partial charge < -0.3 is 83.1 Å². The van der Waals surface area contributed by atoms with Crippen molar-refractivity contribution in [1.82, 2.24) is 39.6 Å². The molecule has 7 rings (SSSR count). The Hall–Kier alpha value is -6.25. The smallest absolute Gasteiger partial charge is 0.317 e. The summed E-state index contributed by atoms with van der Waals surface area (Å²) < 4.78 is 53.3. The first-order valence-corrected chi connectivity index (χ1v) is 31.3. The number of aliphatic carboxylic acids is 1. The summed E-state index contributed by atoms with van der Waals surface area (Å²) in [7, 11) is 3.58. The third-order valence-corrected chi connectivity index (χ3v) is 15.2. The highest BCUT2D eigenvalue weighted by atomic mass is 35.5. The highest BCUT2D eigenvalue weighted by Gasteiger charge is 2.39. The summed E-state index contributed by atoms with van der Waals surface area (Å²) in [5.41, 5.74) is 4.22. The van der Waals surface area contributed by atoms with E-state index >= 15 is 0 Å². The van der Waals surface area contributed by atoms with Gasteiger partial charge in [-0.15, -0.1) is 0 Å². The Kier molecular flexibility index (Phi) is 35.0. The number of morpholine rings is 1. The molecular formula is C63H91Cl2N9O18. The van der Waals surface area contributed by atoms with Crippen molar-refractivity contribution in [2.24, 2.45) is 0 Å². The molecule has 0 bridgehead atoms. The molecule has 4 heterocycles. The average Bonchev–Trinajstić information content (AvgIpc) is 1.54. The number of carbonyl (C=O) groups is 6. The summed E-state index contributed by atoms with van der Waals surface area (Å²) in [6.07, 6.45) is 1.79. The van der Waals surface area contributed by atoms with E-state index < -0.39 is 11.5 Å². The number of benzene rings is 3. The number of hydrogen-bond acceptors (Lipinski definition) is 22. The van der Waals surface area contributed by atoms with Crippen molar-refractivity contribution in [3.05, 3.63) is 75.9 Å². The van der Waals surface area contributed by atoms with Gasteiger partial charge in [0, 0.05) is 118 Å². The number of aliphatic hydroxyl groups excluding tert-OH is 2. The molecule has 2 fully saturated rings. The van der Waals surface area contributed by atoms with E-state index in [1.807, 2.05) is 58.9 Å². The van der Waals surface area contributed by atoms with Crippen LogP contribution < -0.4 is 20.1 Å². The van der Waals surface area contributed by atoms with Crippen LogP contribution in [-0.4, -0.2) is 297 Å². The summed E-state index contributed by atoms with van der Waals surface area (Å²) in [4.78, 5) is 83.9. The number of ether oxygens (including phenoxy) is 9. The van der Waals surface area contributed by atoms with Gasteiger partial charge in [0.25, 0.3) is 5.91 Å². The molecule has 3 aliphatic rings. The highest BCUT2D eigenvalue weighted by molar-refractivity contribution is 6.34. The van der Waals surface area contributed by atoms with Crippen molar-refractivity contribution in [3.8, 4) is 39.6 Å². The summed E-state index contributed by atoms with van der Waals surface area (Å²) in [5.74, 6) is -0.539. The van der Waals surface area contributed by atoms with Gasteiger partial charge in [0.05, 0.1) is 149 Å². The zero-order valence-corrected chi connectivity index (χ0v) is 54.9. The van der Waals surface area contributed by atoms with E-state index in [0.717, 1.165) is 32.4 Å². The number of aliphatic hydroxyl groups is 2. The lowest BCUT2D eigenvalue weighted by Gasteiger charge is -2.41. The molecule has 0 aliphatic carbocycles. The molecule has 92 heavy (non-hydrogen) atoms. The van der Waals surface area contributed by atoms with Crippen molar-refractivity contribution >= 4 is 65.2 Å². The van der Waals surface area contributed by atoms with Gasteiger partial charge in [-0.3, -0.25) is 38.8 Å². The first kappa shape index (κ1) is 76.5. The number of aromatic nitrogens is 2. The molecule has 0 atom stereocenters. The van der Waals surface area contributed by atoms with Gasteiger partial charge in [-0.25, -0.2) is 4.68 Å². The molecule has 0 radical (unpaired) electrons. The number of carboxylic acids is 1. The Morgan fingerprint density at radius 3 is 1.72 bits per heavy atom. The number of nitrogens with one attached hydrogen (secondary N) is 2. The monoisotopic (exact) mass is 1330 g/mol. The van der Waals surface area contributed by atoms with Crippen LogP contribution in [0.4, 0.5) is 5.69 Å². The third-order valence-electron chi connectivity index (χ3n) is 14.8. The molecule has 29 heteroatoms. The number of amides is 3. The minimum atomic E-state index is -0.947. The molecule has 27 nitrogen and oxygen atoms in total. The van der Waals surface area contributed by atoms with Crippen LogP contribution in [0.2, 0.25) is 10.0 Å². The first-order chi connectivity index (χ1) is 44.7. The van der Waals surface area contributed by atoms with Crippen LogP contribution in [0.15, 0.2) is 54.6 Å². The summed E-state index contributed by atoms with van der Waals surface area (Å²) in [5, 5.41) is 35.0. The number of carbonyl (C=O) groups excluding carboxylic acids is 5. The van der Waals surface area contributed by atoms with Crippen molar-refractivity contribution in [2.45, 2.75) is 32.4 Å². The maximum atomic E-state index is 14.4. The van der Waals surface area contributed by atoms with Gasteiger partial charge in [-0.2, -0.15) is 5.10 Å². The SMILES string of the molecule is CO.CO.COc1cc2c(cc1-c1cccc(NC(=O)CCOCCOCCOCCOCCOCCOCCNC(=O)CN3CCN(CC=O)CCN(CC=O)CCN(CC(=O)O)CC3)c1)-c1c(c(C(=O)N3CCOCC3(C)C)nn1-c1cc(Cl)cc(Cl)c1)CO2. The van der Waals surface area contributed by atoms with Gasteiger partial charge in [0.1, 0.15) is 30.7 Å². The average molecular weight is 1330 g/mol. The number of nitrogens with zero attached hydrogens (tertiary/aromatic N) is 7. The number of rotatable bonds is 34. The molecule has 510 valence electrons. The van der Waals surface area contributed by atoms with Crippen LogP contribution in [0.5, 0.6) is 11.5 Å². The number of methoxy groups -OCH3 is 1. The minimum Gasteiger partial charge on any atom is -0.496 e. The second-order valence-corrected chi connectivity index (χ2v) is 22.5. The minimum absolute atomic E-state index is 0.0802. The molecule has 1 aromatic heterocycles. The van der Waals surface area contributed by atoms with Crippen LogP contribution in [0.1, 0.15) is 36.3 Å². The van der Waals surface area contributed by atoms with Gasteiger partial charge in [-0.05, 0) is 55.8 Å². The number of halogens is 2. The fraction of sp³-hybridized carbons (Fsp3) is 0.571. The van der Waals surface area contributed by atoms with Crippen molar-refractivity contribution in [3.63, 3.8) is 0 Å². The number of anilines is 1. The summed E-state index contributed by atoms with van der Waals surface area (Å²) in [6.45, 7) is 14.0. The number of fused-ring (bicyclic) bond motifs is 3. The first-order valence-electron chi connectivity index (χ1n) is 30.5. The number of hydrogen-bond donors (Lipinski definition) is 5. The fourth-order valence-electron chi connectivity index (χ4n) is 10.2. The standard InChI is InChI=1S/C61H83Cl2N9O16.2CH4O/c1-61(2)44-87-24-19-71(61)60(79)58-52-43-88-54-40-53(80-3)50(39-51(54)59(52)72(66-58)49-37-46(62)36-47(63)38-49)45-5-4-6-48(35-45)65-55(75)7-22-81-25-27-83-29-31-85-33-34-86-32-30-84-28-26-82-23-8-64-56(76)41-69-13-11-67(17-20-73)9-10-68(18-21-74)12-14-70(16-15-69)42-57(77)78;2*1-2/h4-6,20-21,35-40H,7-19,22-34,41-44H2,1-3H3,(H,64,76)(H,65,75)(H,77,78);2*2H,1H3. The maximum absolute atomic E-state index is 14.4. The molecule has 0 unspecified atom stereocenters. The van der Waals surface area contributed by atoms with Crippen LogP contribution in [0.3, 0.4) is 0 Å². The van der Waals surface area contributed by atoms with Crippen LogP contribution in [0.25, 0.3) is 28.1 Å². The fourth-order valence-corrected chi connectivity index (χ4v) is 10.7. The number of carboxylic acid groups (broad SMARTS) is 1. The molecular weight excluding hydrogens is 1240 g/mol. The Balaban J connectivity index is 0.00000376. The van der Waals surface area contributed by atoms with Crippen molar-refractivity contribution in [2.75, 3.05) is 211 Å². The second-order valence-electron chi connectivity index (χ2n) is 21.7. The zero-order valence-electron chi connectivity index (χ0n) is 53.4. The van der Waals surface area contributed by atoms with Crippen molar-refractivity contribution in [1.29, 1.82) is 0 Å². The summed E-state index contributed by atoms with van der Waals surface area (Å²) >= 11 is 13.0. The van der Waals surface area contributed by atoms with E-state index in [1.54, 1.807) is 45.9 Å². The molecule has 3 amide bonds. The molecule has 3 aliphatic heterocycles. The van der Waals surface area contributed by atoms with Crippen LogP contribution in [-0.2, 0) is 63.7 Å². The maximum Gasteiger partial charge on any atom is 0.317 e. The number of aldehydes is 2. The van der Waals surface area contributed by atoms with Gasteiger partial charge >= 0.3 is 5.97 Å². The molecule has 2 saturated heterocycles. The lowest BCUT2D eigenvalue weighted by molar-refractivity contribution is -0.138. The lowest BCUT2D eigenvalue weighted by Crippen LogP contribution is -2.55. The van der Waals surface area contributed by atoms with Crippen LogP contribution >= 0.6 is 23.2 Å². The molecule has 0 spiro atoms. The van der Waals surface area contributed by atoms with E-state index in [2.05, 4.69) is 10.6 Å². The molecule has 5 N–H and O–H groups in total. The lowest BCUT2D eigenvalue weighted by atomic mass is 9.95. The van der Waals surface area contributed by atoms with E-state index in [-0.39, 0.29) is 69.2 Å². The Morgan fingerprint density at radius 1 is 0.652 bits per heavy atom. The molecule has 0 saturated carbocycles. The summed E-state index contributed by atoms with van der Waals surface area (Å²) in [6, 6.07) is 16.3. The molecule has 4 aromatic rings. The van der Waals surface area contributed by atoms with E-state index in [4.69, 9.17) is 81.1 Å². The zero-order chi connectivity index (χ0) is 66.7. The third kappa shape index (κ3) is 25.2. The normalized spacial score (nSPS) is 15.6. The Bertz CT molecular complexity index is 2900. The van der Waals surface area contributed by atoms with Gasteiger partial charge in [-0.1, -0.05) is 35.3 Å². The van der Waals surface area contributed by atoms with E-state index in [9.17, 15) is 33.9 Å². The Morgan fingerprint density at radius 2 is 1.18 bits per heavy atom. The second kappa shape index (κ2) is 42.2. The van der Waals surface area contributed by atoms with Crippen molar-refractivity contribution < 1.29 is 86.7 Å². The van der Waals surface area contributed by atoms with E-state index in [0.29, 0.717) is 207 Å². The topological polar surface area (TPSA) is 304 Å². The predicted molar refractivity (Wildman–Crippen MR) is 344 cm³/mol. The van der Waals surface area contributed by atoms with Crippen LogP contribution in [0, 0.1) is 0 Å². The quantitative estimate of drug-likeness (QED) is 0.0331.